The molecule has 17 heavy (non-hydrogen) atoms. The Balaban J connectivity index is 2.50. The third-order valence-electron chi connectivity index (χ3n) is 2.46. The number of benzene rings is 1. The van der Waals surface area contributed by atoms with Crippen LogP contribution in [0.4, 0.5) is 8.78 Å². The van der Waals surface area contributed by atoms with Crippen LogP contribution in [0.1, 0.15) is 16.1 Å². The number of aromatic nitrogens is 1. The Morgan fingerprint density at radius 1 is 1.24 bits per heavy atom. The van der Waals surface area contributed by atoms with Gasteiger partial charge in [0.25, 0.3) is 0 Å². The van der Waals surface area contributed by atoms with Gasteiger partial charge < -0.3 is 10.1 Å². The van der Waals surface area contributed by atoms with E-state index in [0.717, 1.165) is 12.1 Å². The third kappa shape index (κ3) is 2.04. The van der Waals surface area contributed by atoms with E-state index < -0.39 is 17.6 Å². The van der Waals surface area contributed by atoms with Gasteiger partial charge in [-0.05, 0) is 36.8 Å². The lowest BCUT2D eigenvalue weighted by molar-refractivity contribution is 0.0690. The molecule has 0 fully saturated rings. The van der Waals surface area contributed by atoms with E-state index in [1.807, 2.05) is 0 Å². The van der Waals surface area contributed by atoms with E-state index in [9.17, 15) is 13.6 Å². The van der Waals surface area contributed by atoms with Gasteiger partial charge in [-0.25, -0.2) is 13.6 Å². The summed E-state index contributed by atoms with van der Waals surface area (Å²) < 4.78 is 25.8. The predicted molar refractivity (Wildman–Crippen MR) is 57.8 cm³/mol. The molecule has 3 nitrogen and oxygen atoms in total. The molecule has 1 heterocycles. The van der Waals surface area contributed by atoms with Crippen molar-refractivity contribution in [3.8, 4) is 11.3 Å². The number of carboxylic acid groups (broad SMARTS) is 1. The fourth-order valence-corrected chi connectivity index (χ4v) is 1.60. The highest BCUT2D eigenvalue weighted by Crippen LogP contribution is 2.23. The lowest BCUT2D eigenvalue weighted by atomic mass is 10.1. The third-order valence-corrected chi connectivity index (χ3v) is 2.46. The first-order valence-corrected chi connectivity index (χ1v) is 4.87. The summed E-state index contributed by atoms with van der Waals surface area (Å²) in [6, 6.07) is 4.99. The topological polar surface area (TPSA) is 53.1 Å². The molecule has 0 saturated carbocycles. The van der Waals surface area contributed by atoms with Crippen molar-refractivity contribution in [2.45, 2.75) is 6.92 Å². The van der Waals surface area contributed by atoms with Crippen LogP contribution in [-0.2, 0) is 0 Å². The van der Waals surface area contributed by atoms with Crippen LogP contribution in [0.3, 0.4) is 0 Å². The normalized spacial score (nSPS) is 10.5. The number of hydrogen-bond acceptors (Lipinski definition) is 1. The van der Waals surface area contributed by atoms with Crippen LogP contribution in [0.5, 0.6) is 0 Å². The van der Waals surface area contributed by atoms with Crippen LogP contribution in [0.25, 0.3) is 11.3 Å². The minimum absolute atomic E-state index is 0.0460. The zero-order valence-electron chi connectivity index (χ0n) is 8.92. The molecule has 0 atom stereocenters. The van der Waals surface area contributed by atoms with Gasteiger partial charge >= 0.3 is 5.97 Å². The summed E-state index contributed by atoms with van der Waals surface area (Å²) in [5.41, 5.74) is 1.43. The van der Waals surface area contributed by atoms with Gasteiger partial charge in [-0.3, -0.25) is 0 Å². The Bertz CT molecular complexity index is 590. The molecule has 0 bridgehead atoms. The minimum Gasteiger partial charge on any atom is -0.477 e. The van der Waals surface area contributed by atoms with E-state index in [-0.39, 0.29) is 5.69 Å². The second-order valence-electron chi connectivity index (χ2n) is 3.68. The lowest BCUT2D eigenvalue weighted by Gasteiger charge is -1.99. The summed E-state index contributed by atoms with van der Waals surface area (Å²) in [7, 11) is 0. The fourth-order valence-electron chi connectivity index (χ4n) is 1.60. The van der Waals surface area contributed by atoms with Crippen molar-refractivity contribution in [2.24, 2.45) is 0 Å². The van der Waals surface area contributed by atoms with Crippen LogP contribution >= 0.6 is 0 Å². The predicted octanol–water partition coefficient (Wildman–Crippen LogP) is 2.97. The average Bonchev–Trinajstić information content (AvgIpc) is 2.64. The number of hydrogen-bond donors (Lipinski definition) is 2. The lowest BCUT2D eigenvalue weighted by Crippen LogP contribution is -1.98. The van der Waals surface area contributed by atoms with Crippen molar-refractivity contribution in [3.63, 3.8) is 0 Å². The zero-order valence-corrected chi connectivity index (χ0v) is 8.92. The summed E-state index contributed by atoms with van der Waals surface area (Å²) >= 11 is 0. The quantitative estimate of drug-likeness (QED) is 0.843. The molecule has 0 radical (unpaired) electrons. The molecule has 0 aliphatic rings. The van der Waals surface area contributed by atoms with E-state index >= 15 is 0 Å². The Kier molecular flexibility index (Phi) is 2.67. The van der Waals surface area contributed by atoms with Gasteiger partial charge in [-0.2, -0.15) is 0 Å². The Morgan fingerprint density at radius 2 is 1.94 bits per heavy atom. The SMILES string of the molecule is Cc1cc(-c2ccc(F)c(F)c2)[nH]c1C(=O)O. The molecular weight excluding hydrogens is 228 g/mol. The highest BCUT2D eigenvalue weighted by atomic mass is 19.2. The number of halogens is 2. The number of aromatic amines is 1. The number of rotatable bonds is 2. The van der Waals surface area contributed by atoms with Gasteiger partial charge in [0.2, 0.25) is 0 Å². The van der Waals surface area contributed by atoms with Crippen LogP contribution in [0.15, 0.2) is 24.3 Å². The molecule has 0 amide bonds. The largest absolute Gasteiger partial charge is 0.477 e. The van der Waals surface area contributed by atoms with Gasteiger partial charge in [0.15, 0.2) is 11.6 Å². The van der Waals surface area contributed by atoms with E-state index in [4.69, 9.17) is 5.11 Å². The monoisotopic (exact) mass is 237 g/mol. The minimum atomic E-state index is -1.09. The molecule has 1 aromatic carbocycles. The maximum atomic E-state index is 13.0. The van der Waals surface area contributed by atoms with E-state index in [2.05, 4.69) is 4.98 Å². The van der Waals surface area contributed by atoms with E-state index in [0.29, 0.717) is 16.8 Å². The molecule has 2 aromatic rings. The fraction of sp³-hybridized carbons (Fsp3) is 0.0833. The average molecular weight is 237 g/mol. The van der Waals surface area contributed by atoms with Gasteiger partial charge in [0.1, 0.15) is 5.69 Å². The molecule has 1 aromatic heterocycles. The second kappa shape index (κ2) is 4.01. The smallest absolute Gasteiger partial charge is 0.352 e. The number of aryl methyl sites for hydroxylation is 1. The Hall–Kier alpha value is -2.17. The van der Waals surface area contributed by atoms with Crippen LogP contribution in [-0.4, -0.2) is 16.1 Å². The molecule has 0 unspecified atom stereocenters. The van der Waals surface area contributed by atoms with Gasteiger partial charge in [0, 0.05) is 11.3 Å². The Morgan fingerprint density at radius 3 is 2.47 bits per heavy atom. The van der Waals surface area contributed by atoms with Crippen molar-refractivity contribution in [3.05, 3.63) is 47.2 Å². The number of H-pyrrole nitrogens is 1. The maximum absolute atomic E-state index is 13.0. The summed E-state index contributed by atoms with van der Waals surface area (Å²) in [4.78, 5) is 13.5. The first-order chi connectivity index (χ1) is 7.99. The van der Waals surface area contributed by atoms with Crippen molar-refractivity contribution >= 4 is 5.97 Å². The highest BCUT2D eigenvalue weighted by molar-refractivity contribution is 5.88. The molecule has 2 N–H and O–H groups in total. The summed E-state index contributed by atoms with van der Waals surface area (Å²) in [5.74, 6) is -2.99. The molecular formula is C12H9F2NO2. The van der Waals surface area contributed by atoms with Crippen molar-refractivity contribution in [2.75, 3.05) is 0 Å². The standard InChI is InChI=1S/C12H9F2NO2/c1-6-4-10(15-11(6)12(16)17)7-2-3-8(13)9(14)5-7/h2-5,15H,1H3,(H,16,17). The van der Waals surface area contributed by atoms with Crippen LogP contribution in [0, 0.1) is 18.6 Å². The summed E-state index contributed by atoms with van der Waals surface area (Å²) in [6.45, 7) is 1.63. The van der Waals surface area contributed by atoms with Gasteiger partial charge in [-0.1, -0.05) is 0 Å². The molecule has 0 aliphatic heterocycles. The molecule has 0 aliphatic carbocycles. The summed E-state index contributed by atoms with van der Waals surface area (Å²) in [5, 5.41) is 8.86. The maximum Gasteiger partial charge on any atom is 0.352 e. The van der Waals surface area contributed by atoms with Crippen molar-refractivity contribution in [1.82, 2.24) is 4.98 Å². The number of aromatic carboxylic acids is 1. The number of carboxylic acids is 1. The number of nitrogens with one attached hydrogen (secondary N) is 1. The second-order valence-corrected chi connectivity index (χ2v) is 3.68. The number of carbonyl (C=O) groups is 1. The molecule has 2 rings (SSSR count). The molecule has 5 heteroatoms. The van der Waals surface area contributed by atoms with E-state index in [1.165, 1.54) is 6.07 Å². The van der Waals surface area contributed by atoms with Crippen LogP contribution < -0.4 is 0 Å². The van der Waals surface area contributed by atoms with Crippen molar-refractivity contribution < 1.29 is 18.7 Å². The van der Waals surface area contributed by atoms with Gasteiger partial charge in [0.05, 0.1) is 0 Å². The summed E-state index contributed by atoms with van der Waals surface area (Å²) in [6.07, 6.45) is 0. The molecule has 0 spiro atoms. The van der Waals surface area contributed by atoms with Gasteiger partial charge in [-0.15, -0.1) is 0 Å². The first-order valence-electron chi connectivity index (χ1n) is 4.87. The van der Waals surface area contributed by atoms with Crippen LogP contribution in [0.2, 0.25) is 0 Å². The van der Waals surface area contributed by atoms with Crippen molar-refractivity contribution in [1.29, 1.82) is 0 Å². The first kappa shape index (κ1) is 11.3. The molecule has 0 saturated heterocycles. The zero-order chi connectivity index (χ0) is 12.6. The highest BCUT2D eigenvalue weighted by Gasteiger charge is 2.13. The Labute approximate surface area is 95.7 Å². The molecule has 88 valence electrons. The van der Waals surface area contributed by atoms with E-state index in [1.54, 1.807) is 13.0 Å².